The molecular weight excluding hydrogens is 210 g/mol. The molecule has 0 heterocycles. The van der Waals surface area contributed by atoms with E-state index in [1.807, 2.05) is 6.92 Å². The van der Waals surface area contributed by atoms with E-state index in [2.05, 4.69) is 11.9 Å². The van der Waals surface area contributed by atoms with Crippen LogP contribution in [0.5, 0.6) is 0 Å². The minimum Gasteiger partial charge on any atom is -0.382 e. The zero-order chi connectivity index (χ0) is 11.1. The number of ether oxygens (including phenoxy) is 1. The van der Waals surface area contributed by atoms with E-state index in [1.165, 1.54) is 25.7 Å². The van der Waals surface area contributed by atoms with E-state index in [0.29, 0.717) is 11.4 Å². The summed E-state index contributed by atoms with van der Waals surface area (Å²) < 4.78 is 5.34. The average Bonchev–Trinajstić information content (AvgIpc) is 2.25. The van der Waals surface area contributed by atoms with E-state index in [4.69, 9.17) is 16.3 Å². The largest absolute Gasteiger partial charge is 0.382 e. The molecule has 3 heteroatoms. The summed E-state index contributed by atoms with van der Waals surface area (Å²) in [4.78, 5) is 2.41. The second-order valence-electron chi connectivity index (χ2n) is 4.40. The van der Waals surface area contributed by atoms with Crippen molar-refractivity contribution in [3.63, 3.8) is 0 Å². The van der Waals surface area contributed by atoms with Crippen LogP contribution < -0.4 is 0 Å². The molecule has 2 atom stereocenters. The molecule has 0 aromatic rings. The van der Waals surface area contributed by atoms with Crippen molar-refractivity contribution in [3.8, 4) is 0 Å². The van der Waals surface area contributed by atoms with Gasteiger partial charge in [-0.15, -0.1) is 11.6 Å². The van der Waals surface area contributed by atoms with Gasteiger partial charge < -0.3 is 9.64 Å². The van der Waals surface area contributed by atoms with Crippen LogP contribution in [0.2, 0.25) is 0 Å². The molecule has 1 aliphatic rings. The molecule has 15 heavy (non-hydrogen) atoms. The highest BCUT2D eigenvalue weighted by Crippen LogP contribution is 2.26. The van der Waals surface area contributed by atoms with Crippen LogP contribution in [0.3, 0.4) is 0 Å². The molecule has 0 amide bonds. The van der Waals surface area contributed by atoms with Crippen LogP contribution in [0.25, 0.3) is 0 Å². The number of nitrogens with zero attached hydrogens (tertiary/aromatic N) is 1. The number of rotatable bonds is 6. The Balaban J connectivity index is 2.16. The lowest BCUT2D eigenvalue weighted by Crippen LogP contribution is -2.41. The predicted molar refractivity (Wildman–Crippen MR) is 65.6 cm³/mol. The number of halogens is 1. The van der Waals surface area contributed by atoms with Crippen LogP contribution in [-0.4, -0.2) is 43.1 Å². The van der Waals surface area contributed by atoms with Crippen LogP contribution in [0, 0.1) is 0 Å². The Morgan fingerprint density at radius 2 is 2.07 bits per heavy atom. The van der Waals surface area contributed by atoms with Crippen molar-refractivity contribution in [2.75, 3.05) is 26.8 Å². The molecule has 1 rings (SSSR count). The van der Waals surface area contributed by atoms with E-state index in [-0.39, 0.29) is 0 Å². The first-order chi connectivity index (χ1) is 7.25. The third-order valence-electron chi connectivity index (χ3n) is 3.22. The first-order valence-electron chi connectivity index (χ1n) is 6.17. The molecular formula is C12H24ClNO. The summed E-state index contributed by atoms with van der Waals surface area (Å²) in [5, 5.41) is 0.357. The van der Waals surface area contributed by atoms with Crippen LogP contribution in [0.4, 0.5) is 0 Å². The highest BCUT2D eigenvalue weighted by Gasteiger charge is 2.25. The van der Waals surface area contributed by atoms with Crippen LogP contribution >= 0.6 is 11.6 Å². The fourth-order valence-electron chi connectivity index (χ4n) is 2.29. The summed E-state index contributed by atoms with van der Waals surface area (Å²) in [6.07, 6.45) is 6.20. The third kappa shape index (κ3) is 4.71. The van der Waals surface area contributed by atoms with Gasteiger partial charge in [0.1, 0.15) is 0 Å². The number of hydrogen-bond acceptors (Lipinski definition) is 2. The monoisotopic (exact) mass is 233 g/mol. The van der Waals surface area contributed by atoms with Gasteiger partial charge in [-0.05, 0) is 33.2 Å². The molecule has 0 saturated heterocycles. The van der Waals surface area contributed by atoms with Gasteiger partial charge in [-0.1, -0.05) is 12.8 Å². The maximum atomic E-state index is 6.34. The van der Waals surface area contributed by atoms with Crippen molar-refractivity contribution in [1.82, 2.24) is 4.90 Å². The molecule has 2 nitrogen and oxygen atoms in total. The Morgan fingerprint density at radius 1 is 1.33 bits per heavy atom. The molecule has 0 bridgehead atoms. The van der Waals surface area contributed by atoms with E-state index in [0.717, 1.165) is 26.2 Å². The summed E-state index contributed by atoms with van der Waals surface area (Å²) in [6, 6.07) is 0.585. The Bertz CT molecular complexity index is 166. The van der Waals surface area contributed by atoms with Crippen molar-refractivity contribution in [2.45, 2.75) is 50.4 Å². The molecule has 1 saturated carbocycles. The lowest BCUT2D eigenvalue weighted by molar-refractivity contribution is 0.123. The van der Waals surface area contributed by atoms with E-state index in [9.17, 15) is 0 Å². The van der Waals surface area contributed by atoms with E-state index in [1.54, 1.807) is 0 Å². The Labute approximate surface area is 98.9 Å². The summed E-state index contributed by atoms with van der Waals surface area (Å²) in [6.45, 7) is 4.85. The van der Waals surface area contributed by atoms with Crippen LogP contribution in [-0.2, 0) is 4.74 Å². The van der Waals surface area contributed by atoms with Crippen molar-refractivity contribution in [3.05, 3.63) is 0 Å². The number of alkyl halides is 1. The molecule has 2 unspecified atom stereocenters. The van der Waals surface area contributed by atoms with Gasteiger partial charge in [-0.2, -0.15) is 0 Å². The summed E-state index contributed by atoms with van der Waals surface area (Å²) in [7, 11) is 2.19. The second kappa shape index (κ2) is 7.48. The molecule has 1 aliphatic carbocycles. The lowest BCUT2D eigenvalue weighted by Gasteiger charge is -2.34. The summed E-state index contributed by atoms with van der Waals surface area (Å²) >= 11 is 6.34. The maximum absolute atomic E-state index is 6.34. The van der Waals surface area contributed by atoms with Gasteiger partial charge in [-0.25, -0.2) is 0 Å². The first kappa shape index (κ1) is 13.3. The fraction of sp³-hybridized carbons (Fsp3) is 1.00. The lowest BCUT2D eigenvalue weighted by atomic mass is 9.94. The van der Waals surface area contributed by atoms with E-state index < -0.39 is 0 Å². The quantitative estimate of drug-likeness (QED) is 0.517. The Hall–Kier alpha value is 0.210. The Kier molecular flexibility index (Phi) is 6.62. The zero-order valence-corrected chi connectivity index (χ0v) is 10.8. The predicted octanol–water partition coefficient (Wildman–Crippen LogP) is 2.89. The van der Waals surface area contributed by atoms with Crippen LogP contribution in [0.15, 0.2) is 0 Å². The topological polar surface area (TPSA) is 12.5 Å². The van der Waals surface area contributed by atoms with Crippen LogP contribution in [0.1, 0.15) is 39.0 Å². The van der Waals surface area contributed by atoms with Crippen molar-refractivity contribution < 1.29 is 4.74 Å². The third-order valence-corrected chi connectivity index (χ3v) is 3.73. The molecule has 1 fully saturated rings. The highest BCUT2D eigenvalue weighted by atomic mass is 35.5. The maximum Gasteiger partial charge on any atom is 0.0491 e. The van der Waals surface area contributed by atoms with Gasteiger partial charge in [-0.3, -0.25) is 0 Å². The van der Waals surface area contributed by atoms with Crippen molar-refractivity contribution >= 4 is 11.6 Å². The zero-order valence-electron chi connectivity index (χ0n) is 10.0. The molecule has 0 N–H and O–H groups in total. The van der Waals surface area contributed by atoms with Crippen molar-refractivity contribution in [1.29, 1.82) is 0 Å². The van der Waals surface area contributed by atoms with Crippen molar-refractivity contribution in [2.24, 2.45) is 0 Å². The molecule has 0 aromatic heterocycles. The molecule has 90 valence electrons. The number of hydrogen-bond donors (Lipinski definition) is 0. The first-order valence-corrected chi connectivity index (χ1v) is 6.61. The molecule has 0 aliphatic heterocycles. The highest BCUT2D eigenvalue weighted by molar-refractivity contribution is 6.21. The van der Waals surface area contributed by atoms with Gasteiger partial charge in [0, 0.05) is 31.2 Å². The minimum absolute atomic E-state index is 0.357. The minimum atomic E-state index is 0.357. The SMILES string of the molecule is CCOCCCN(C)C1CCCCC1Cl. The fourth-order valence-corrected chi connectivity index (χ4v) is 2.76. The molecule has 0 radical (unpaired) electrons. The molecule has 0 spiro atoms. The van der Waals surface area contributed by atoms with Gasteiger partial charge in [0.05, 0.1) is 0 Å². The van der Waals surface area contributed by atoms with E-state index >= 15 is 0 Å². The summed E-state index contributed by atoms with van der Waals surface area (Å²) in [5.74, 6) is 0. The standard InChI is InChI=1S/C12H24ClNO/c1-3-15-10-6-9-14(2)12-8-5-4-7-11(12)13/h11-12H,3-10H2,1-2H3. The average molecular weight is 234 g/mol. The van der Waals surface area contributed by atoms with Gasteiger partial charge >= 0.3 is 0 Å². The summed E-state index contributed by atoms with van der Waals surface area (Å²) in [5.41, 5.74) is 0. The second-order valence-corrected chi connectivity index (χ2v) is 4.96. The smallest absolute Gasteiger partial charge is 0.0491 e. The molecule has 0 aromatic carbocycles. The van der Waals surface area contributed by atoms with Gasteiger partial charge in [0.2, 0.25) is 0 Å². The normalized spacial score (nSPS) is 27.2. The Morgan fingerprint density at radius 3 is 2.73 bits per heavy atom. The van der Waals surface area contributed by atoms with Gasteiger partial charge in [0.25, 0.3) is 0 Å². The van der Waals surface area contributed by atoms with Gasteiger partial charge in [0.15, 0.2) is 0 Å².